The number of carbonyl (C=O) groups is 1. The SMILES string of the molecule is N[C@H]1CC[C@H](Nc2c(C(=O)C3CC3)cnc3ccc(-c4ccc(O)c(F)c4)cc23)CC1. The van der Waals surface area contributed by atoms with Crippen LogP contribution in [0.25, 0.3) is 22.0 Å². The zero-order chi connectivity index (χ0) is 21.5. The summed E-state index contributed by atoms with van der Waals surface area (Å²) in [6.45, 7) is 0. The van der Waals surface area contributed by atoms with Crippen molar-refractivity contribution < 1.29 is 14.3 Å². The molecule has 5 nitrogen and oxygen atoms in total. The van der Waals surface area contributed by atoms with Crippen molar-refractivity contribution in [2.24, 2.45) is 11.7 Å². The maximum Gasteiger partial charge on any atom is 0.169 e. The molecule has 2 aliphatic rings. The van der Waals surface area contributed by atoms with Gasteiger partial charge in [-0.2, -0.15) is 0 Å². The molecule has 160 valence electrons. The normalized spacial score (nSPS) is 21.2. The van der Waals surface area contributed by atoms with E-state index in [2.05, 4.69) is 10.3 Å². The first-order valence-electron chi connectivity index (χ1n) is 11.0. The molecule has 3 aromatic rings. The molecule has 0 atom stereocenters. The number of aromatic hydroxyl groups is 1. The lowest BCUT2D eigenvalue weighted by Crippen LogP contribution is -2.33. The average molecular weight is 420 g/mol. The van der Waals surface area contributed by atoms with E-state index in [1.54, 1.807) is 12.3 Å². The number of benzene rings is 2. The van der Waals surface area contributed by atoms with E-state index in [0.717, 1.165) is 60.7 Å². The standard InChI is InChI=1S/C25H26FN3O2/c26-21-12-16(4-10-23(21)30)15-3-9-22-19(11-15)24(29-18-7-5-17(27)6-8-18)20(13-28-22)25(31)14-1-2-14/h3-4,9-14,17-18,30H,1-2,5-8,27H2,(H,28,29)/t17-,18-. The van der Waals surface area contributed by atoms with Gasteiger partial charge in [-0.3, -0.25) is 9.78 Å². The molecular weight excluding hydrogens is 393 g/mol. The Morgan fingerprint density at radius 2 is 1.74 bits per heavy atom. The minimum absolute atomic E-state index is 0.0916. The number of phenols is 1. The quantitative estimate of drug-likeness (QED) is 0.505. The number of nitrogens with two attached hydrogens (primary N) is 1. The topological polar surface area (TPSA) is 88.2 Å². The number of hydrogen-bond acceptors (Lipinski definition) is 5. The largest absolute Gasteiger partial charge is 0.505 e. The Morgan fingerprint density at radius 3 is 2.45 bits per heavy atom. The minimum Gasteiger partial charge on any atom is -0.505 e. The van der Waals surface area contributed by atoms with Crippen molar-refractivity contribution in [2.75, 3.05) is 5.32 Å². The summed E-state index contributed by atoms with van der Waals surface area (Å²) in [5.74, 6) is -0.800. The van der Waals surface area contributed by atoms with Crippen LogP contribution in [0.1, 0.15) is 48.9 Å². The Bertz CT molecular complexity index is 1150. The highest BCUT2D eigenvalue weighted by molar-refractivity contribution is 6.10. The van der Waals surface area contributed by atoms with Gasteiger partial charge in [-0.05, 0) is 73.9 Å². The summed E-state index contributed by atoms with van der Waals surface area (Å²) < 4.78 is 13.9. The van der Waals surface area contributed by atoms with Gasteiger partial charge in [0.1, 0.15) is 0 Å². The fraction of sp³-hybridized carbons (Fsp3) is 0.360. The molecule has 0 unspecified atom stereocenters. The number of carbonyl (C=O) groups excluding carboxylic acids is 1. The highest BCUT2D eigenvalue weighted by Crippen LogP contribution is 2.38. The number of hydrogen-bond donors (Lipinski definition) is 3. The Kier molecular flexibility index (Phi) is 5.10. The molecule has 5 rings (SSSR count). The van der Waals surface area contributed by atoms with Crippen molar-refractivity contribution in [2.45, 2.75) is 50.6 Å². The third kappa shape index (κ3) is 4.00. The van der Waals surface area contributed by atoms with Crippen LogP contribution < -0.4 is 11.1 Å². The highest BCUT2D eigenvalue weighted by atomic mass is 19.1. The number of rotatable bonds is 5. The monoisotopic (exact) mass is 419 g/mol. The van der Waals surface area contributed by atoms with E-state index >= 15 is 0 Å². The van der Waals surface area contributed by atoms with Crippen LogP contribution >= 0.6 is 0 Å². The molecule has 2 aliphatic carbocycles. The summed E-state index contributed by atoms with van der Waals surface area (Å²) in [5.41, 5.74) is 9.78. The molecular formula is C25H26FN3O2. The molecule has 1 aromatic heterocycles. The Balaban J connectivity index is 1.60. The number of Topliss-reactive ketones (excluding diaryl/α,β-unsaturated/α-hetero) is 1. The molecule has 0 amide bonds. The summed E-state index contributed by atoms with van der Waals surface area (Å²) in [5, 5.41) is 14.0. The number of ketones is 1. The summed E-state index contributed by atoms with van der Waals surface area (Å²) in [6, 6.07) is 10.6. The van der Waals surface area contributed by atoms with E-state index in [4.69, 9.17) is 5.73 Å². The molecule has 0 radical (unpaired) electrons. The first-order chi connectivity index (χ1) is 15.0. The summed E-state index contributed by atoms with van der Waals surface area (Å²) >= 11 is 0. The smallest absolute Gasteiger partial charge is 0.169 e. The maximum atomic E-state index is 13.9. The second-order valence-electron chi connectivity index (χ2n) is 8.84. The van der Waals surface area contributed by atoms with E-state index in [0.29, 0.717) is 11.1 Å². The maximum absolute atomic E-state index is 13.9. The lowest BCUT2D eigenvalue weighted by Gasteiger charge is -2.29. The van der Waals surface area contributed by atoms with Gasteiger partial charge in [0.15, 0.2) is 17.3 Å². The molecule has 0 saturated heterocycles. The van der Waals surface area contributed by atoms with Crippen molar-refractivity contribution in [1.29, 1.82) is 0 Å². The Hall–Kier alpha value is -2.99. The van der Waals surface area contributed by atoms with Gasteiger partial charge >= 0.3 is 0 Å². The molecule has 2 aromatic carbocycles. The van der Waals surface area contributed by atoms with Crippen molar-refractivity contribution in [3.63, 3.8) is 0 Å². The van der Waals surface area contributed by atoms with Crippen LogP contribution in [-0.2, 0) is 0 Å². The number of nitrogens with zero attached hydrogens (tertiary/aromatic N) is 1. The first-order valence-corrected chi connectivity index (χ1v) is 11.0. The predicted octanol–water partition coefficient (Wildman–Crippen LogP) is 5.02. The number of pyridine rings is 1. The van der Waals surface area contributed by atoms with Gasteiger partial charge in [0.2, 0.25) is 0 Å². The number of anilines is 1. The van der Waals surface area contributed by atoms with Gasteiger partial charge in [0, 0.05) is 29.6 Å². The molecule has 0 aliphatic heterocycles. The third-order valence-corrected chi connectivity index (χ3v) is 6.48. The molecule has 2 saturated carbocycles. The lowest BCUT2D eigenvalue weighted by molar-refractivity contribution is 0.0968. The van der Waals surface area contributed by atoms with Crippen LogP contribution in [0.4, 0.5) is 10.1 Å². The van der Waals surface area contributed by atoms with E-state index in [9.17, 15) is 14.3 Å². The molecule has 0 bridgehead atoms. The van der Waals surface area contributed by atoms with Crippen LogP contribution in [0.5, 0.6) is 5.75 Å². The molecule has 0 spiro atoms. The van der Waals surface area contributed by atoms with E-state index in [1.807, 2.05) is 18.2 Å². The van der Waals surface area contributed by atoms with E-state index in [1.165, 1.54) is 12.1 Å². The van der Waals surface area contributed by atoms with Gasteiger partial charge in [0.25, 0.3) is 0 Å². The number of fused-ring (bicyclic) bond motifs is 1. The van der Waals surface area contributed by atoms with Crippen molar-refractivity contribution in [1.82, 2.24) is 4.98 Å². The van der Waals surface area contributed by atoms with E-state index < -0.39 is 5.82 Å². The van der Waals surface area contributed by atoms with Crippen LogP contribution in [0.15, 0.2) is 42.6 Å². The van der Waals surface area contributed by atoms with Crippen LogP contribution in [0, 0.1) is 11.7 Å². The molecule has 31 heavy (non-hydrogen) atoms. The van der Waals surface area contributed by atoms with E-state index in [-0.39, 0.29) is 29.5 Å². The Morgan fingerprint density at radius 1 is 1.03 bits per heavy atom. The number of aromatic nitrogens is 1. The summed E-state index contributed by atoms with van der Waals surface area (Å²) in [6.07, 6.45) is 7.41. The van der Waals surface area contributed by atoms with Gasteiger partial charge in [-0.15, -0.1) is 0 Å². The minimum atomic E-state index is -0.662. The average Bonchev–Trinajstić information content (AvgIpc) is 3.62. The van der Waals surface area contributed by atoms with Crippen molar-refractivity contribution >= 4 is 22.4 Å². The Labute approximate surface area is 180 Å². The molecule has 6 heteroatoms. The zero-order valence-electron chi connectivity index (χ0n) is 17.3. The van der Waals surface area contributed by atoms with Crippen molar-refractivity contribution in [3.8, 4) is 16.9 Å². The summed E-state index contributed by atoms with van der Waals surface area (Å²) in [4.78, 5) is 17.6. The number of phenolic OH excluding ortho intramolecular Hbond substituents is 1. The predicted molar refractivity (Wildman–Crippen MR) is 120 cm³/mol. The van der Waals surface area contributed by atoms with Crippen LogP contribution in [0.3, 0.4) is 0 Å². The molecule has 1 heterocycles. The molecule has 4 N–H and O–H groups in total. The zero-order valence-corrected chi connectivity index (χ0v) is 17.3. The third-order valence-electron chi connectivity index (χ3n) is 6.48. The second-order valence-corrected chi connectivity index (χ2v) is 8.84. The number of halogens is 1. The first kappa shape index (κ1) is 19.9. The number of nitrogens with one attached hydrogen (secondary N) is 1. The van der Waals surface area contributed by atoms with Crippen LogP contribution in [0.2, 0.25) is 0 Å². The highest BCUT2D eigenvalue weighted by Gasteiger charge is 2.33. The van der Waals surface area contributed by atoms with Gasteiger partial charge in [-0.1, -0.05) is 12.1 Å². The van der Waals surface area contributed by atoms with Gasteiger partial charge < -0.3 is 16.2 Å². The summed E-state index contributed by atoms with van der Waals surface area (Å²) in [7, 11) is 0. The second kappa shape index (κ2) is 7.93. The fourth-order valence-electron chi connectivity index (χ4n) is 4.43. The van der Waals surface area contributed by atoms with Gasteiger partial charge in [0.05, 0.1) is 16.8 Å². The van der Waals surface area contributed by atoms with Crippen LogP contribution in [-0.4, -0.2) is 28.0 Å². The fourth-order valence-corrected chi connectivity index (χ4v) is 4.43. The van der Waals surface area contributed by atoms with Crippen molar-refractivity contribution in [3.05, 3.63) is 54.0 Å². The molecule has 2 fully saturated rings. The van der Waals surface area contributed by atoms with Gasteiger partial charge in [-0.25, -0.2) is 4.39 Å². The lowest BCUT2D eigenvalue weighted by atomic mass is 9.91.